The van der Waals surface area contributed by atoms with Gasteiger partial charge in [-0.05, 0) is 18.9 Å². The van der Waals surface area contributed by atoms with E-state index in [9.17, 15) is 20.0 Å². The number of aliphatic hydroxyl groups is 1. The molecule has 0 radical (unpaired) electrons. The summed E-state index contributed by atoms with van der Waals surface area (Å²) in [7, 11) is 0. The Kier molecular flexibility index (Phi) is 5.45. The lowest BCUT2D eigenvalue weighted by Crippen LogP contribution is -2.52. The highest BCUT2D eigenvalue weighted by Crippen LogP contribution is 2.18. The van der Waals surface area contributed by atoms with Gasteiger partial charge >= 0.3 is 6.03 Å². The second-order valence-corrected chi connectivity index (χ2v) is 4.53. The van der Waals surface area contributed by atoms with E-state index in [0.29, 0.717) is 18.5 Å². The van der Waals surface area contributed by atoms with Gasteiger partial charge in [0, 0.05) is 17.8 Å². The number of carbonyl (C=O) groups is 1. The molecule has 0 aliphatic heterocycles. The van der Waals surface area contributed by atoms with Crippen molar-refractivity contribution in [3.63, 3.8) is 0 Å². The van der Waals surface area contributed by atoms with Gasteiger partial charge in [-0.2, -0.15) is 0 Å². The molecule has 3 N–H and O–H groups in total. The topological polar surface area (TPSA) is 104 Å². The summed E-state index contributed by atoms with van der Waals surface area (Å²) in [6.45, 7) is 3.57. The van der Waals surface area contributed by atoms with Gasteiger partial charge in [-0.15, -0.1) is 0 Å². The van der Waals surface area contributed by atoms with Crippen LogP contribution >= 0.6 is 0 Å². The number of anilines is 1. The average Bonchev–Trinajstić information content (AvgIpc) is 2.45. The Morgan fingerprint density at radius 1 is 1.40 bits per heavy atom. The summed E-state index contributed by atoms with van der Waals surface area (Å²) in [5, 5.41) is 25.3. The van der Waals surface area contributed by atoms with Crippen LogP contribution in [0.4, 0.5) is 16.2 Å². The van der Waals surface area contributed by atoms with Crippen LogP contribution in [0.25, 0.3) is 0 Å². The van der Waals surface area contributed by atoms with Crippen LogP contribution in [0.3, 0.4) is 0 Å². The van der Waals surface area contributed by atoms with Crippen molar-refractivity contribution < 1.29 is 14.8 Å². The van der Waals surface area contributed by atoms with Crippen molar-refractivity contribution in [3.05, 3.63) is 34.4 Å². The van der Waals surface area contributed by atoms with Gasteiger partial charge in [-0.25, -0.2) is 4.79 Å². The molecule has 0 fully saturated rings. The van der Waals surface area contributed by atoms with Crippen molar-refractivity contribution in [2.75, 3.05) is 11.9 Å². The lowest BCUT2D eigenvalue weighted by molar-refractivity contribution is -0.384. The summed E-state index contributed by atoms with van der Waals surface area (Å²) < 4.78 is 0. The van der Waals surface area contributed by atoms with Crippen LogP contribution < -0.4 is 10.6 Å². The predicted molar refractivity (Wildman–Crippen MR) is 75.6 cm³/mol. The first-order chi connectivity index (χ1) is 9.46. The van der Waals surface area contributed by atoms with Gasteiger partial charge in [0.15, 0.2) is 0 Å². The van der Waals surface area contributed by atoms with Gasteiger partial charge in [0.1, 0.15) is 0 Å². The number of hydrogen-bond acceptors (Lipinski definition) is 4. The second kappa shape index (κ2) is 6.85. The van der Waals surface area contributed by atoms with E-state index in [1.807, 2.05) is 13.8 Å². The molecule has 0 heterocycles. The highest BCUT2D eigenvalue weighted by Gasteiger charge is 2.27. The molecule has 0 atom stereocenters. The van der Waals surface area contributed by atoms with Gasteiger partial charge < -0.3 is 15.7 Å². The third-order valence-corrected chi connectivity index (χ3v) is 3.35. The highest BCUT2D eigenvalue weighted by molar-refractivity contribution is 5.90. The molecule has 0 saturated heterocycles. The minimum absolute atomic E-state index is 0.0952. The van der Waals surface area contributed by atoms with Crippen molar-refractivity contribution >= 4 is 17.4 Å². The van der Waals surface area contributed by atoms with Crippen LogP contribution in [-0.2, 0) is 0 Å². The van der Waals surface area contributed by atoms with Crippen LogP contribution in [0, 0.1) is 10.1 Å². The summed E-state index contributed by atoms with van der Waals surface area (Å²) in [5.74, 6) is 0. The van der Waals surface area contributed by atoms with Crippen molar-refractivity contribution in [3.8, 4) is 0 Å². The molecule has 1 rings (SSSR count). The second-order valence-electron chi connectivity index (χ2n) is 4.53. The first-order valence-electron chi connectivity index (χ1n) is 6.41. The Morgan fingerprint density at radius 2 is 2.05 bits per heavy atom. The fourth-order valence-electron chi connectivity index (χ4n) is 1.79. The summed E-state index contributed by atoms with van der Waals surface area (Å²) >= 11 is 0. The van der Waals surface area contributed by atoms with Crippen molar-refractivity contribution in [1.82, 2.24) is 5.32 Å². The number of nitro groups is 1. The number of hydrogen-bond donors (Lipinski definition) is 3. The van der Waals surface area contributed by atoms with Gasteiger partial charge in [-0.1, -0.05) is 19.9 Å². The molecule has 0 saturated carbocycles. The number of carbonyl (C=O) groups excluding carboxylic acids is 1. The van der Waals surface area contributed by atoms with Crippen LogP contribution in [-0.4, -0.2) is 28.2 Å². The van der Waals surface area contributed by atoms with Crippen LogP contribution in [0.15, 0.2) is 24.3 Å². The maximum atomic E-state index is 11.9. The molecule has 1 aromatic carbocycles. The maximum absolute atomic E-state index is 11.9. The number of nitro benzene ring substituents is 1. The summed E-state index contributed by atoms with van der Waals surface area (Å²) in [6.07, 6.45) is 1.17. The average molecular weight is 281 g/mol. The minimum atomic E-state index is -0.676. The molecule has 1 aromatic rings. The zero-order chi connectivity index (χ0) is 15.2. The van der Waals surface area contributed by atoms with E-state index in [1.54, 1.807) is 6.07 Å². The molecule has 20 heavy (non-hydrogen) atoms. The van der Waals surface area contributed by atoms with Gasteiger partial charge in [0.25, 0.3) is 5.69 Å². The number of nitrogens with zero attached hydrogens (tertiary/aromatic N) is 1. The Balaban J connectivity index is 2.76. The van der Waals surface area contributed by atoms with Crippen molar-refractivity contribution in [2.45, 2.75) is 32.2 Å². The number of urea groups is 1. The monoisotopic (exact) mass is 281 g/mol. The molecule has 0 aliphatic carbocycles. The first-order valence-corrected chi connectivity index (χ1v) is 6.41. The van der Waals surface area contributed by atoms with E-state index in [1.165, 1.54) is 18.2 Å². The number of amides is 2. The standard InChI is InChI=1S/C13H19N3O4/c1-3-13(4-2,9-17)15-12(18)14-10-6-5-7-11(8-10)16(19)20/h5-8,17H,3-4,9H2,1-2H3,(H2,14,15,18). The van der Waals surface area contributed by atoms with Gasteiger partial charge in [-0.3, -0.25) is 10.1 Å². The van der Waals surface area contributed by atoms with E-state index < -0.39 is 16.5 Å². The first kappa shape index (κ1) is 15.9. The molecule has 7 heteroatoms. The Labute approximate surface area is 117 Å². The molecular weight excluding hydrogens is 262 g/mol. The Morgan fingerprint density at radius 3 is 2.55 bits per heavy atom. The number of nitrogens with one attached hydrogen (secondary N) is 2. The van der Waals surface area contributed by atoms with E-state index in [-0.39, 0.29) is 12.3 Å². The fraction of sp³-hybridized carbons (Fsp3) is 0.462. The molecule has 110 valence electrons. The lowest BCUT2D eigenvalue weighted by Gasteiger charge is -2.30. The molecule has 2 amide bonds. The van der Waals surface area contributed by atoms with E-state index in [0.717, 1.165) is 0 Å². The normalized spacial score (nSPS) is 10.9. The quantitative estimate of drug-likeness (QED) is 0.549. The zero-order valence-electron chi connectivity index (χ0n) is 11.5. The van der Waals surface area contributed by atoms with Crippen LogP contribution in [0.1, 0.15) is 26.7 Å². The molecule has 0 unspecified atom stereocenters. The zero-order valence-corrected chi connectivity index (χ0v) is 11.5. The van der Waals surface area contributed by atoms with E-state index in [2.05, 4.69) is 10.6 Å². The SMILES string of the molecule is CCC(CC)(CO)NC(=O)Nc1cccc([N+](=O)[O-])c1. The highest BCUT2D eigenvalue weighted by atomic mass is 16.6. The molecule has 0 spiro atoms. The smallest absolute Gasteiger partial charge is 0.319 e. The van der Waals surface area contributed by atoms with E-state index in [4.69, 9.17) is 0 Å². The van der Waals surface area contributed by atoms with Crippen LogP contribution in [0.2, 0.25) is 0 Å². The lowest BCUT2D eigenvalue weighted by atomic mass is 9.94. The van der Waals surface area contributed by atoms with Gasteiger partial charge in [0.2, 0.25) is 0 Å². The summed E-state index contributed by atoms with van der Waals surface area (Å²) in [5.41, 5.74) is -0.442. The molecule has 7 nitrogen and oxygen atoms in total. The van der Waals surface area contributed by atoms with E-state index >= 15 is 0 Å². The number of aliphatic hydroxyl groups excluding tert-OH is 1. The Bertz CT molecular complexity index is 478. The van der Waals surface area contributed by atoms with Gasteiger partial charge in [0.05, 0.1) is 17.1 Å². The number of benzene rings is 1. The Hall–Kier alpha value is -2.15. The summed E-state index contributed by atoms with van der Waals surface area (Å²) in [4.78, 5) is 22.0. The molecule has 0 bridgehead atoms. The molecule has 0 aromatic heterocycles. The third-order valence-electron chi connectivity index (χ3n) is 3.35. The number of rotatable bonds is 6. The number of non-ortho nitro benzene ring substituents is 1. The van der Waals surface area contributed by atoms with Crippen LogP contribution in [0.5, 0.6) is 0 Å². The largest absolute Gasteiger partial charge is 0.394 e. The van der Waals surface area contributed by atoms with Crippen molar-refractivity contribution in [1.29, 1.82) is 0 Å². The molecule has 0 aliphatic rings. The van der Waals surface area contributed by atoms with Crippen molar-refractivity contribution in [2.24, 2.45) is 0 Å². The fourth-order valence-corrected chi connectivity index (χ4v) is 1.79. The molecular formula is C13H19N3O4. The maximum Gasteiger partial charge on any atom is 0.319 e. The third kappa shape index (κ3) is 3.92. The minimum Gasteiger partial charge on any atom is -0.394 e. The summed E-state index contributed by atoms with van der Waals surface area (Å²) in [6, 6.07) is 5.18. The predicted octanol–water partition coefficient (Wildman–Crippen LogP) is 2.27.